The fraction of sp³-hybridized carbons (Fsp3) is 1.00. The molecule has 0 aliphatic carbocycles. The average molecular weight is 219 g/mol. The molecule has 0 radical (unpaired) electrons. The molecule has 0 heterocycles. The third-order valence-corrected chi connectivity index (χ3v) is 0.741. The number of halogens is 2. The molecule has 0 unspecified atom stereocenters. The lowest BCUT2D eigenvalue weighted by atomic mass is 10.8. The predicted octanol–water partition coefficient (Wildman–Crippen LogP) is 1.18. The lowest BCUT2D eigenvalue weighted by Crippen LogP contribution is -2.07. The van der Waals surface area contributed by atoms with Gasteiger partial charge in [-0.25, -0.2) is 0 Å². The molecule has 0 aliphatic rings. The van der Waals surface area contributed by atoms with Gasteiger partial charge in [0.25, 0.3) is 0 Å². The normalized spacial score (nSPS) is 7.00. The van der Waals surface area contributed by atoms with Gasteiger partial charge in [-0.05, 0) is 7.05 Å². The van der Waals surface area contributed by atoms with E-state index in [9.17, 15) is 0 Å². The van der Waals surface area contributed by atoms with Gasteiger partial charge in [0.1, 0.15) is 0 Å². The van der Waals surface area contributed by atoms with E-state index in [0.717, 1.165) is 11.9 Å². The molecule has 0 saturated carbocycles. The Bertz CT molecular complexity index is 16.3. The maximum Gasteiger partial charge on any atom is 0.0157 e. The van der Waals surface area contributed by atoms with Crippen LogP contribution in [0.15, 0.2) is 0 Å². The van der Waals surface area contributed by atoms with E-state index in [2.05, 4.69) is 21.2 Å². The van der Waals surface area contributed by atoms with Gasteiger partial charge in [-0.15, -0.1) is 17.0 Å². The molecule has 0 aromatic rings. The largest absolute Gasteiger partial charge is 0.319 e. The van der Waals surface area contributed by atoms with Crippen LogP contribution in [-0.4, -0.2) is 18.9 Å². The van der Waals surface area contributed by atoms with Crippen molar-refractivity contribution in [2.45, 2.75) is 0 Å². The van der Waals surface area contributed by atoms with Gasteiger partial charge in [-0.2, -0.15) is 0 Å². The minimum atomic E-state index is 0. The second kappa shape index (κ2) is 9.33. The van der Waals surface area contributed by atoms with Crippen LogP contribution in [0.4, 0.5) is 0 Å². The van der Waals surface area contributed by atoms with E-state index in [1.165, 1.54) is 0 Å². The van der Waals surface area contributed by atoms with Gasteiger partial charge >= 0.3 is 0 Å². The molecule has 0 aromatic carbocycles. The molecule has 0 aromatic heterocycles. The molecule has 0 atom stereocenters. The van der Waals surface area contributed by atoms with Crippen LogP contribution < -0.4 is 5.32 Å². The molecule has 6 heavy (non-hydrogen) atoms. The Kier molecular flexibility index (Phi) is 15.6. The molecule has 0 spiro atoms. The van der Waals surface area contributed by atoms with Crippen molar-refractivity contribution in [3.05, 3.63) is 0 Å². The maximum atomic E-state index is 3.25. The Balaban J connectivity index is 0. The zero-order valence-corrected chi connectivity index (χ0v) is 7.00. The van der Waals surface area contributed by atoms with Crippen molar-refractivity contribution in [1.29, 1.82) is 0 Å². The summed E-state index contributed by atoms with van der Waals surface area (Å²) in [5, 5.41) is 4.02. The Morgan fingerprint density at radius 1 is 1.67 bits per heavy atom. The second-order valence-electron chi connectivity index (χ2n) is 0.793. The van der Waals surface area contributed by atoms with Crippen LogP contribution in [0.5, 0.6) is 0 Å². The van der Waals surface area contributed by atoms with Crippen molar-refractivity contribution < 1.29 is 0 Å². The van der Waals surface area contributed by atoms with Crippen LogP contribution in [0.1, 0.15) is 0 Å². The highest BCUT2D eigenvalue weighted by molar-refractivity contribution is 9.09. The van der Waals surface area contributed by atoms with E-state index < -0.39 is 0 Å². The number of hydrogen-bond donors (Lipinski definition) is 1. The molecule has 3 heteroatoms. The summed E-state index contributed by atoms with van der Waals surface area (Å²) in [6.45, 7) is 1.06. The minimum Gasteiger partial charge on any atom is -0.319 e. The van der Waals surface area contributed by atoms with Gasteiger partial charge in [-0.1, -0.05) is 15.9 Å². The zero-order chi connectivity index (χ0) is 4.12. The van der Waals surface area contributed by atoms with Crippen LogP contribution in [-0.2, 0) is 0 Å². The summed E-state index contributed by atoms with van der Waals surface area (Å²) in [6, 6.07) is 0. The summed E-state index contributed by atoms with van der Waals surface area (Å²) in [5.74, 6) is 0. The highest BCUT2D eigenvalue weighted by atomic mass is 79.9. The summed E-state index contributed by atoms with van der Waals surface area (Å²) in [4.78, 5) is 0. The minimum absolute atomic E-state index is 0. The highest BCUT2D eigenvalue weighted by Crippen LogP contribution is 1.70. The Morgan fingerprint density at radius 3 is 2.17 bits per heavy atom. The second-order valence-corrected chi connectivity index (χ2v) is 1.59. The van der Waals surface area contributed by atoms with Crippen LogP contribution in [0.3, 0.4) is 0 Å². The number of nitrogens with one attached hydrogen (secondary N) is 1. The summed E-state index contributed by atoms with van der Waals surface area (Å²) < 4.78 is 0. The summed E-state index contributed by atoms with van der Waals surface area (Å²) >= 11 is 3.25. The van der Waals surface area contributed by atoms with Crippen molar-refractivity contribution in [3.8, 4) is 0 Å². The first kappa shape index (κ1) is 10.0. The van der Waals surface area contributed by atoms with E-state index in [-0.39, 0.29) is 17.0 Å². The first-order valence-electron chi connectivity index (χ1n) is 1.62. The van der Waals surface area contributed by atoms with Gasteiger partial charge in [0, 0.05) is 11.9 Å². The number of hydrogen-bond acceptors (Lipinski definition) is 1. The number of alkyl halides is 1. The molecule has 1 nitrogen and oxygen atoms in total. The lowest BCUT2D eigenvalue weighted by Gasteiger charge is -1.83. The van der Waals surface area contributed by atoms with E-state index in [4.69, 9.17) is 0 Å². The predicted molar refractivity (Wildman–Crippen MR) is 38.0 cm³/mol. The molecule has 0 aliphatic heterocycles. The van der Waals surface area contributed by atoms with Crippen molar-refractivity contribution in [1.82, 2.24) is 5.32 Å². The standard InChI is InChI=1S/C3H8BrN.BrH/c1-5-3-2-4;/h5H,2-3H2,1H3;1H. The monoisotopic (exact) mass is 217 g/mol. The molecule has 40 valence electrons. The Morgan fingerprint density at radius 2 is 2.17 bits per heavy atom. The molecular weight excluding hydrogens is 210 g/mol. The molecule has 0 rings (SSSR count). The molecule has 0 amide bonds. The van der Waals surface area contributed by atoms with Crippen molar-refractivity contribution in [2.75, 3.05) is 18.9 Å². The third kappa shape index (κ3) is 8.87. The van der Waals surface area contributed by atoms with Crippen LogP contribution in [0.2, 0.25) is 0 Å². The average Bonchev–Trinajstić information content (AvgIpc) is 1.41. The van der Waals surface area contributed by atoms with E-state index in [0.29, 0.717) is 0 Å². The van der Waals surface area contributed by atoms with Gasteiger partial charge in [-0.3, -0.25) is 0 Å². The zero-order valence-electron chi connectivity index (χ0n) is 3.70. The summed E-state index contributed by atoms with van der Waals surface area (Å²) in [6.07, 6.45) is 0. The van der Waals surface area contributed by atoms with Crippen LogP contribution in [0.25, 0.3) is 0 Å². The smallest absolute Gasteiger partial charge is 0.0157 e. The van der Waals surface area contributed by atoms with E-state index in [1.54, 1.807) is 0 Å². The quantitative estimate of drug-likeness (QED) is 0.687. The first-order chi connectivity index (χ1) is 2.41. The van der Waals surface area contributed by atoms with Gasteiger partial charge < -0.3 is 5.32 Å². The van der Waals surface area contributed by atoms with Gasteiger partial charge in [0.05, 0.1) is 0 Å². The maximum absolute atomic E-state index is 3.25. The van der Waals surface area contributed by atoms with Crippen molar-refractivity contribution >= 4 is 32.9 Å². The molecule has 0 fully saturated rings. The first-order valence-corrected chi connectivity index (χ1v) is 2.74. The van der Waals surface area contributed by atoms with Crippen LogP contribution in [0, 0.1) is 0 Å². The fourth-order valence-corrected chi connectivity index (χ4v) is 0.491. The number of rotatable bonds is 2. The fourth-order valence-electron chi connectivity index (χ4n) is 0.0945. The summed E-state index contributed by atoms with van der Waals surface area (Å²) in [7, 11) is 1.93. The highest BCUT2D eigenvalue weighted by Gasteiger charge is 1.66. The Labute approximate surface area is 57.4 Å². The van der Waals surface area contributed by atoms with Crippen molar-refractivity contribution in [3.63, 3.8) is 0 Å². The SMILES string of the molecule is Br.CNCCBr. The van der Waals surface area contributed by atoms with Gasteiger partial charge in [0.2, 0.25) is 0 Å². The third-order valence-electron chi connectivity index (χ3n) is 0.344. The van der Waals surface area contributed by atoms with Gasteiger partial charge in [0.15, 0.2) is 0 Å². The molecule has 0 saturated heterocycles. The van der Waals surface area contributed by atoms with Crippen molar-refractivity contribution in [2.24, 2.45) is 0 Å². The molecular formula is C3H9Br2N. The molecule has 1 N–H and O–H groups in total. The van der Waals surface area contributed by atoms with E-state index >= 15 is 0 Å². The van der Waals surface area contributed by atoms with Crippen LogP contribution >= 0.6 is 32.9 Å². The molecule has 0 bridgehead atoms. The van der Waals surface area contributed by atoms with E-state index in [1.807, 2.05) is 7.05 Å². The Hall–Kier alpha value is 0.920. The summed E-state index contributed by atoms with van der Waals surface area (Å²) in [5.41, 5.74) is 0. The lowest BCUT2D eigenvalue weighted by molar-refractivity contribution is 0.876. The topological polar surface area (TPSA) is 12.0 Å².